The molecule has 1 rings (SSSR count). The van der Waals surface area contributed by atoms with Crippen molar-refractivity contribution in [3.8, 4) is 11.8 Å². The summed E-state index contributed by atoms with van der Waals surface area (Å²) >= 11 is 5.25. The molecule has 0 amide bonds. The fourth-order valence-electron chi connectivity index (χ4n) is 0.772. The molecule has 0 aliphatic carbocycles. The Kier molecular flexibility index (Phi) is 2.67. The van der Waals surface area contributed by atoms with Gasteiger partial charge in [0.05, 0.1) is 0 Å². The number of benzene rings is 1. The second-order valence-electron chi connectivity index (χ2n) is 2.13. The predicted octanol–water partition coefficient (Wildman–Crippen LogP) is 2.99. The topological polar surface area (TPSA) is 0 Å². The molecule has 0 heterocycles. The molecular weight excluding hydrogens is 182 g/mol. The van der Waals surface area contributed by atoms with E-state index in [9.17, 15) is 8.78 Å². The lowest BCUT2D eigenvalue weighted by molar-refractivity contribution is 0.583. The third-order valence-corrected chi connectivity index (χ3v) is 1.61. The Hall–Kier alpha value is -1.07. The van der Waals surface area contributed by atoms with Crippen LogP contribution in [0.2, 0.25) is 5.02 Å². The van der Waals surface area contributed by atoms with Gasteiger partial charge in [-0.2, -0.15) is 0 Å². The summed E-state index contributed by atoms with van der Waals surface area (Å²) in [5, 5.41) is -0.489. The monoisotopic (exact) mass is 186 g/mol. The van der Waals surface area contributed by atoms with Crippen LogP contribution in [0.1, 0.15) is 12.5 Å². The molecule has 1 aromatic carbocycles. The number of hydrogen-bond donors (Lipinski definition) is 0. The molecule has 1 aromatic rings. The summed E-state index contributed by atoms with van der Waals surface area (Å²) in [4.78, 5) is 0. The van der Waals surface area contributed by atoms with Crippen molar-refractivity contribution in [3.05, 3.63) is 34.4 Å². The fraction of sp³-hybridized carbons (Fsp3) is 0.111. The molecule has 0 aromatic heterocycles. The van der Waals surface area contributed by atoms with E-state index in [-0.39, 0.29) is 5.56 Å². The van der Waals surface area contributed by atoms with Crippen molar-refractivity contribution < 1.29 is 8.78 Å². The Bertz CT molecular complexity index is 338. The first-order chi connectivity index (χ1) is 5.65. The van der Waals surface area contributed by atoms with Gasteiger partial charge in [0.2, 0.25) is 0 Å². The molecule has 0 bridgehead atoms. The molecule has 0 unspecified atom stereocenters. The van der Waals surface area contributed by atoms with Gasteiger partial charge in [0.25, 0.3) is 0 Å². The van der Waals surface area contributed by atoms with Crippen molar-refractivity contribution in [3.63, 3.8) is 0 Å². The molecular formula is C9H5ClF2. The van der Waals surface area contributed by atoms with E-state index >= 15 is 0 Å². The van der Waals surface area contributed by atoms with E-state index < -0.39 is 16.7 Å². The number of halogens is 3. The largest absolute Gasteiger partial charge is 0.205 e. The maximum atomic E-state index is 12.7. The highest BCUT2D eigenvalue weighted by Gasteiger charge is 2.06. The molecule has 0 aliphatic rings. The van der Waals surface area contributed by atoms with E-state index in [4.69, 9.17) is 11.6 Å². The van der Waals surface area contributed by atoms with Crippen LogP contribution in [-0.4, -0.2) is 0 Å². The zero-order valence-corrected chi connectivity index (χ0v) is 7.04. The third-order valence-electron chi connectivity index (χ3n) is 1.25. The first-order valence-electron chi connectivity index (χ1n) is 3.22. The summed E-state index contributed by atoms with van der Waals surface area (Å²) in [7, 11) is 0. The van der Waals surface area contributed by atoms with Crippen molar-refractivity contribution in [1.29, 1.82) is 0 Å². The minimum Gasteiger partial charge on any atom is -0.205 e. The number of hydrogen-bond acceptors (Lipinski definition) is 0. The molecule has 0 fully saturated rings. The van der Waals surface area contributed by atoms with Crippen LogP contribution in [0.25, 0.3) is 0 Å². The van der Waals surface area contributed by atoms with Crippen molar-refractivity contribution in [1.82, 2.24) is 0 Å². The minimum atomic E-state index is -0.783. The normalized spacial score (nSPS) is 9.00. The minimum absolute atomic E-state index is 0.289. The highest BCUT2D eigenvalue weighted by atomic mass is 35.5. The fourth-order valence-corrected chi connectivity index (χ4v) is 0.881. The standard InChI is InChI=1S/C9H5ClF2/c1-2-3-6-4-7(11)9(10)8(12)5-6/h4-5H,1H3. The second-order valence-corrected chi connectivity index (χ2v) is 2.51. The zero-order chi connectivity index (χ0) is 9.14. The van der Waals surface area contributed by atoms with E-state index in [1.165, 1.54) is 0 Å². The van der Waals surface area contributed by atoms with Gasteiger partial charge in [-0.05, 0) is 19.1 Å². The van der Waals surface area contributed by atoms with Gasteiger partial charge in [-0.15, -0.1) is 5.92 Å². The van der Waals surface area contributed by atoms with Gasteiger partial charge >= 0.3 is 0 Å². The highest BCUT2D eigenvalue weighted by molar-refractivity contribution is 6.30. The summed E-state index contributed by atoms with van der Waals surface area (Å²) < 4.78 is 25.4. The first kappa shape index (κ1) is 9.02. The number of rotatable bonds is 0. The van der Waals surface area contributed by atoms with Crippen LogP contribution >= 0.6 is 11.6 Å². The van der Waals surface area contributed by atoms with E-state index in [1.54, 1.807) is 6.92 Å². The van der Waals surface area contributed by atoms with Gasteiger partial charge < -0.3 is 0 Å². The van der Waals surface area contributed by atoms with Crippen molar-refractivity contribution >= 4 is 11.6 Å². The van der Waals surface area contributed by atoms with Crippen LogP contribution in [0.4, 0.5) is 8.78 Å². The van der Waals surface area contributed by atoms with Gasteiger partial charge in [0, 0.05) is 5.56 Å². The molecule has 3 heteroatoms. The molecule has 0 saturated carbocycles. The Morgan fingerprint density at radius 3 is 2.17 bits per heavy atom. The Labute approximate surface area is 74.2 Å². The van der Waals surface area contributed by atoms with Crippen LogP contribution in [0, 0.1) is 23.5 Å². The van der Waals surface area contributed by atoms with E-state index in [0.29, 0.717) is 0 Å². The van der Waals surface area contributed by atoms with Crippen LogP contribution in [0.15, 0.2) is 12.1 Å². The summed E-state index contributed by atoms with van der Waals surface area (Å²) in [6, 6.07) is 2.20. The third kappa shape index (κ3) is 1.75. The summed E-state index contributed by atoms with van der Waals surface area (Å²) in [6.07, 6.45) is 0. The summed E-state index contributed by atoms with van der Waals surface area (Å²) in [6.45, 7) is 1.59. The molecule has 0 radical (unpaired) electrons. The molecule has 0 aliphatic heterocycles. The zero-order valence-electron chi connectivity index (χ0n) is 6.29. The molecule has 0 nitrogen and oxygen atoms in total. The molecule has 62 valence electrons. The van der Waals surface area contributed by atoms with Gasteiger partial charge in [-0.25, -0.2) is 8.78 Å². The average Bonchev–Trinajstić information content (AvgIpc) is 2.01. The lowest BCUT2D eigenvalue weighted by Crippen LogP contribution is -1.86. The maximum Gasteiger partial charge on any atom is 0.146 e. The predicted molar refractivity (Wildman–Crippen MR) is 43.9 cm³/mol. The van der Waals surface area contributed by atoms with Gasteiger partial charge in [0.1, 0.15) is 16.7 Å². The quantitative estimate of drug-likeness (QED) is 0.432. The Balaban J connectivity index is 3.27. The van der Waals surface area contributed by atoms with E-state index in [2.05, 4.69) is 11.8 Å². The summed E-state index contributed by atoms with van der Waals surface area (Å²) in [5.74, 6) is 3.49. The average molecular weight is 187 g/mol. The smallest absolute Gasteiger partial charge is 0.146 e. The SMILES string of the molecule is CC#Cc1cc(F)c(Cl)c(F)c1. The molecule has 0 atom stereocenters. The first-order valence-corrected chi connectivity index (χ1v) is 3.60. The van der Waals surface area contributed by atoms with Crippen LogP contribution in [0.5, 0.6) is 0 Å². The van der Waals surface area contributed by atoms with Gasteiger partial charge in [0.15, 0.2) is 0 Å². The van der Waals surface area contributed by atoms with Crippen molar-refractivity contribution in [2.24, 2.45) is 0 Å². The second kappa shape index (κ2) is 3.55. The maximum absolute atomic E-state index is 12.7. The lowest BCUT2D eigenvalue weighted by atomic mass is 10.2. The highest BCUT2D eigenvalue weighted by Crippen LogP contribution is 2.19. The van der Waals surface area contributed by atoms with Crippen LogP contribution in [0.3, 0.4) is 0 Å². The molecule has 12 heavy (non-hydrogen) atoms. The lowest BCUT2D eigenvalue weighted by Gasteiger charge is -1.96. The van der Waals surface area contributed by atoms with E-state index in [1.807, 2.05) is 0 Å². The van der Waals surface area contributed by atoms with Crippen molar-refractivity contribution in [2.45, 2.75) is 6.92 Å². The molecule has 0 spiro atoms. The van der Waals surface area contributed by atoms with Crippen LogP contribution in [-0.2, 0) is 0 Å². The van der Waals surface area contributed by atoms with Crippen LogP contribution < -0.4 is 0 Å². The van der Waals surface area contributed by atoms with Gasteiger partial charge in [-0.1, -0.05) is 17.5 Å². The Morgan fingerprint density at radius 2 is 1.75 bits per heavy atom. The Morgan fingerprint density at radius 1 is 1.25 bits per heavy atom. The van der Waals surface area contributed by atoms with Gasteiger partial charge in [-0.3, -0.25) is 0 Å². The molecule has 0 saturated heterocycles. The van der Waals surface area contributed by atoms with E-state index in [0.717, 1.165) is 12.1 Å². The summed E-state index contributed by atoms with van der Waals surface area (Å²) in [5.41, 5.74) is 0.289. The van der Waals surface area contributed by atoms with Crippen molar-refractivity contribution in [2.75, 3.05) is 0 Å². The molecule has 0 N–H and O–H groups in total.